The number of fused-ring (bicyclic) bond motifs is 1. The van der Waals surface area contributed by atoms with Crippen LogP contribution >= 0.6 is 0 Å². The minimum absolute atomic E-state index is 0.0422. The molecule has 3 aliphatic carbocycles. The second-order valence-electron chi connectivity index (χ2n) is 10.5. The first-order valence-electron chi connectivity index (χ1n) is 11.8. The zero-order valence-corrected chi connectivity index (χ0v) is 19.8. The summed E-state index contributed by atoms with van der Waals surface area (Å²) in [5.41, 5.74) is -1.48. The van der Waals surface area contributed by atoms with Crippen LogP contribution in [0.3, 0.4) is 0 Å². The van der Waals surface area contributed by atoms with Crippen molar-refractivity contribution in [2.24, 2.45) is 12.5 Å². The number of nitrogens with zero attached hydrogens (tertiary/aromatic N) is 5. The molecule has 4 aliphatic rings. The molecule has 1 aliphatic heterocycles. The quantitative estimate of drug-likeness (QED) is 0.547. The van der Waals surface area contributed by atoms with E-state index in [1.54, 1.807) is 20.0 Å². The molecule has 2 unspecified atom stereocenters. The van der Waals surface area contributed by atoms with E-state index in [0.717, 1.165) is 10.2 Å². The largest absolute Gasteiger partial charge is 0.394 e. The Balaban J connectivity index is 1.42. The highest BCUT2D eigenvalue weighted by atomic mass is 19.4. The van der Waals surface area contributed by atoms with E-state index >= 15 is 0 Å². The van der Waals surface area contributed by atoms with Crippen molar-refractivity contribution in [2.75, 3.05) is 12.4 Å². The standard InChI is InChI=1S/C24H25F3N6O3/c1-12-29-17-18(21(35)32(12)2)30-20(31-19(17)22-9-23(10-22,11-22)24(25,26)27)13-5-6-36-15(7-13)14-3-4-16(34)33(28)8-14/h3-4,8,13,15H,5-7,9-11,28H2,1-2H3. The first kappa shape index (κ1) is 23.1. The summed E-state index contributed by atoms with van der Waals surface area (Å²) < 4.78 is 49.1. The van der Waals surface area contributed by atoms with Crippen molar-refractivity contribution < 1.29 is 17.9 Å². The molecule has 9 nitrogen and oxygen atoms in total. The van der Waals surface area contributed by atoms with Crippen LogP contribution in [0.2, 0.25) is 0 Å². The molecule has 3 aromatic rings. The molecule has 7 rings (SSSR count). The Morgan fingerprint density at radius 1 is 1.11 bits per heavy atom. The number of pyridine rings is 1. The Morgan fingerprint density at radius 3 is 2.50 bits per heavy atom. The van der Waals surface area contributed by atoms with Gasteiger partial charge in [-0.05, 0) is 50.7 Å². The van der Waals surface area contributed by atoms with Gasteiger partial charge in [-0.15, -0.1) is 0 Å². The van der Waals surface area contributed by atoms with E-state index in [1.165, 1.54) is 16.8 Å². The highest BCUT2D eigenvalue weighted by Gasteiger charge is 2.79. The van der Waals surface area contributed by atoms with Gasteiger partial charge in [0.15, 0.2) is 5.52 Å². The summed E-state index contributed by atoms with van der Waals surface area (Å²) in [6.45, 7) is 2.07. The summed E-state index contributed by atoms with van der Waals surface area (Å²) in [6.07, 6.45) is -2.18. The number of nitrogens with two attached hydrogens (primary N) is 1. The third-order valence-corrected chi connectivity index (χ3v) is 8.28. The molecule has 0 spiro atoms. The van der Waals surface area contributed by atoms with Gasteiger partial charge in [0.1, 0.15) is 17.2 Å². The number of ether oxygens (including phenoxy) is 1. The molecule has 0 amide bonds. The summed E-state index contributed by atoms with van der Waals surface area (Å²) >= 11 is 0. The summed E-state index contributed by atoms with van der Waals surface area (Å²) in [6, 6.07) is 3.02. The third-order valence-electron chi connectivity index (χ3n) is 8.28. The highest BCUT2D eigenvalue weighted by molar-refractivity contribution is 5.78. The van der Waals surface area contributed by atoms with E-state index in [2.05, 4.69) is 9.97 Å². The second kappa shape index (κ2) is 7.37. The van der Waals surface area contributed by atoms with Gasteiger partial charge in [-0.1, -0.05) is 0 Å². The maximum Gasteiger partial charge on any atom is 0.394 e. The molecular formula is C24H25F3N6O3. The van der Waals surface area contributed by atoms with Gasteiger partial charge >= 0.3 is 6.18 Å². The number of rotatable bonds is 3. The van der Waals surface area contributed by atoms with E-state index in [-0.39, 0.29) is 47.9 Å². The van der Waals surface area contributed by atoms with Crippen molar-refractivity contribution >= 4 is 11.0 Å². The van der Waals surface area contributed by atoms with Crippen LogP contribution in [0.1, 0.15) is 67.0 Å². The van der Waals surface area contributed by atoms with Crippen molar-refractivity contribution in [3.05, 3.63) is 61.9 Å². The van der Waals surface area contributed by atoms with E-state index in [9.17, 15) is 22.8 Å². The summed E-state index contributed by atoms with van der Waals surface area (Å²) in [5, 5.41) is 0. The lowest BCUT2D eigenvalue weighted by Crippen LogP contribution is -2.70. The number of aromatic nitrogens is 5. The number of alkyl halides is 3. The maximum atomic E-state index is 13.6. The number of aryl methyl sites for hydroxylation is 1. The Bertz CT molecular complexity index is 1510. The second-order valence-corrected chi connectivity index (χ2v) is 10.5. The van der Waals surface area contributed by atoms with E-state index in [4.69, 9.17) is 15.6 Å². The maximum absolute atomic E-state index is 13.6. The van der Waals surface area contributed by atoms with E-state index < -0.39 is 17.0 Å². The average molecular weight is 502 g/mol. The van der Waals surface area contributed by atoms with E-state index in [1.807, 2.05) is 0 Å². The molecule has 4 fully saturated rings. The fraction of sp³-hybridized carbons (Fsp3) is 0.542. The Morgan fingerprint density at radius 2 is 1.83 bits per heavy atom. The van der Waals surface area contributed by atoms with Gasteiger partial charge in [-0.3, -0.25) is 14.2 Å². The molecule has 190 valence electrons. The fourth-order valence-electron chi connectivity index (χ4n) is 6.14. The number of halogens is 3. The zero-order valence-electron chi connectivity index (χ0n) is 19.8. The lowest BCUT2D eigenvalue weighted by molar-refractivity contribution is -0.337. The molecule has 3 saturated carbocycles. The number of hydrogen-bond donors (Lipinski definition) is 1. The van der Waals surface area contributed by atoms with Crippen LogP contribution in [0.25, 0.3) is 11.0 Å². The van der Waals surface area contributed by atoms with Gasteiger partial charge in [0, 0.05) is 37.3 Å². The van der Waals surface area contributed by atoms with Crippen LogP contribution in [-0.4, -0.2) is 37.0 Å². The molecule has 0 aromatic carbocycles. The number of nitrogen functional groups attached to an aromatic ring is 1. The summed E-state index contributed by atoms with van der Waals surface area (Å²) in [4.78, 5) is 38.8. The lowest BCUT2D eigenvalue weighted by atomic mass is 9.34. The first-order valence-corrected chi connectivity index (χ1v) is 11.8. The molecule has 2 N–H and O–H groups in total. The predicted octanol–water partition coefficient (Wildman–Crippen LogP) is 2.53. The molecule has 12 heteroatoms. The lowest BCUT2D eigenvalue weighted by Gasteiger charge is -2.70. The normalized spacial score (nSPS) is 29.6. The smallest absolute Gasteiger partial charge is 0.373 e. The molecule has 0 radical (unpaired) electrons. The molecule has 4 heterocycles. The van der Waals surface area contributed by atoms with Gasteiger partial charge in [-0.25, -0.2) is 19.6 Å². The first-order chi connectivity index (χ1) is 16.9. The van der Waals surface area contributed by atoms with Crippen LogP contribution in [0.5, 0.6) is 0 Å². The zero-order chi connectivity index (χ0) is 25.6. The molecule has 36 heavy (non-hydrogen) atoms. The molecule has 1 saturated heterocycles. The van der Waals surface area contributed by atoms with Gasteiger partial charge in [0.2, 0.25) is 0 Å². The van der Waals surface area contributed by atoms with Crippen LogP contribution in [0.15, 0.2) is 27.9 Å². The van der Waals surface area contributed by atoms with Gasteiger partial charge < -0.3 is 10.6 Å². The summed E-state index contributed by atoms with van der Waals surface area (Å²) in [7, 11) is 1.59. The Labute approximate surface area is 203 Å². The van der Waals surface area contributed by atoms with Crippen molar-refractivity contribution in [3.63, 3.8) is 0 Å². The molecular weight excluding hydrogens is 477 g/mol. The monoisotopic (exact) mass is 502 g/mol. The number of hydrogen-bond acceptors (Lipinski definition) is 7. The average Bonchev–Trinajstić information content (AvgIpc) is 2.77. The Kier molecular flexibility index (Phi) is 4.74. The van der Waals surface area contributed by atoms with Gasteiger partial charge in [0.05, 0.1) is 17.2 Å². The highest BCUT2D eigenvalue weighted by Crippen LogP contribution is 2.78. The van der Waals surface area contributed by atoms with Crippen molar-refractivity contribution in [1.29, 1.82) is 0 Å². The van der Waals surface area contributed by atoms with Gasteiger partial charge in [0.25, 0.3) is 11.1 Å². The fourth-order valence-corrected chi connectivity index (χ4v) is 6.14. The molecule has 2 atom stereocenters. The van der Waals surface area contributed by atoms with Crippen molar-refractivity contribution in [3.8, 4) is 0 Å². The van der Waals surface area contributed by atoms with Gasteiger partial charge in [-0.2, -0.15) is 13.2 Å². The van der Waals surface area contributed by atoms with Crippen LogP contribution < -0.4 is 17.0 Å². The molecule has 2 bridgehead atoms. The van der Waals surface area contributed by atoms with Crippen LogP contribution in [0.4, 0.5) is 13.2 Å². The van der Waals surface area contributed by atoms with E-state index in [0.29, 0.717) is 42.3 Å². The van der Waals surface area contributed by atoms with Crippen LogP contribution in [-0.2, 0) is 17.2 Å². The van der Waals surface area contributed by atoms with Crippen molar-refractivity contribution in [1.82, 2.24) is 24.2 Å². The SMILES string of the molecule is Cc1nc2c(C34CC(C(F)(F)F)(C3)C4)nc(C3CCOC(c4ccc(=O)n(N)c4)C3)nc2c(=O)n1C. The molecule has 3 aromatic heterocycles. The minimum Gasteiger partial charge on any atom is -0.373 e. The third kappa shape index (κ3) is 3.16. The topological polar surface area (TPSA) is 118 Å². The Hall–Kier alpha value is -3.28. The minimum atomic E-state index is -4.26. The summed E-state index contributed by atoms with van der Waals surface area (Å²) in [5.74, 6) is 6.39. The van der Waals surface area contributed by atoms with Crippen molar-refractivity contribution in [2.45, 2.75) is 62.6 Å². The predicted molar refractivity (Wildman–Crippen MR) is 123 cm³/mol. The van der Waals surface area contributed by atoms with Crippen LogP contribution in [0, 0.1) is 12.3 Å².